The van der Waals surface area contributed by atoms with Crippen molar-refractivity contribution in [2.24, 2.45) is 0 Å². The maximum absolute atomic E-state index is 11.9. The molecule has 0 aliphatic rings. The van der Waals surface area contributed by atoms with E-state index < -0.39 is 5.54 Å². The van der Waals surface area contributed by atoms with Gasteiger partial charge < -0.3 is 5.32 Å². The molecular weight excluding hydrogens is 247 g/mol. The number of amides is 1. The summed E-state index contributed by atoms with van der Waals surface area (Å²) in [6.07, 6.45) is 3.84. The molecule has 0 aromatic carbocycles. The molecule has 1 amide bonds. The molecule has 0 saturated heterocycles. The van der Waals surface area contributed by atoms with Crippen molar-refractivity contribution < 1.29 is 4.79 Å². The van der Waals surface area contributed by atoms with Gasteiger partial charge in [0.2, 0.25) is 0 Å². The molecule has 0 radical (unpaired) electrons. The molecule has 0 saturated carbocycles. The largest absolute Gasteiger partial charge is 0.344 e. The van der Waals surface area contributed by atoms with Gasteiger partial charge in [-0.05, 0) is 18.6 Å². The van der Waals surface area contributed by atoms with Crippen LogP contribution in [0.1, 0.15) is 23.7 Å². The van der Waals surface area contributed by atoms with E-state index in [1.54, 1.807) is 24.5 Å². The van der Waals surface area contributed by atoms with Gasteiger partial charge in [0, 0.05) is 29.7 Å². The minimum absolute atomic E-state index is 0.175. The average Bonchev–Trinajstić information content (AvgIpc) is 2.37. The Labute approximate surface area is 105 Å². The van der Waals surface area contributed by atoms with E-state index in [-0.39, 0.29) is 5.91 Å². The highest BCUT2D eigenvalue weighted by molar-refractivity contribution is 6.22. The maximum atomic E-state index is 11.9. The van der Waals surface area contributed by atoms with Crippen molar-refractivity contribution in [2.45, 2.75) is 18.9 Å². The lowest BCUT2D eigenvalue weighted by atomic mass is 10.0. The van der Waals surface area contributed by atoms with Crippen molar-refractivity contribution in [2.75, 3.05) is 11.8 Å². The number of nitrogens with one attached hydrogen (secondary N) is 1. The smallest absolute Gasteiger partial charge is 0.251 e. The van der Waals surface area contributed by atoms with Crippen LogP contribution >= 0.6 is 23.2 Å². The van der Waals surface area contributed by atoms with E-state index in [0.717, 1.165) is 0 Å². The first-order valence-electron chi connectivity index (χ1n) is 5.02. The third-order valence-electron chi connectivity index (χ3n) is 2.51. The minimum atomic E-state index is -0.538. The van der Waals surface area contributed by atoms with Crippen LogP contribution in [-0.4, -0.2) is 28.2 Å². The number of hydrogen-bond acceptors (Lipinski definition) is 2. The zero-order chi connectivity index (χ0) is 12.0. The van der Waals surface area contributed by atoms with Crippen LogP contribution < -0.4 is 5.32 Å². The summed E-state index contributed by atoms with van der Waals surface area (Å²) in [6, 6.07) is 3.30. The van der Waals surface area contributed by atoms with Gasteiger partial charge in [0.1, 0.15) is 0 Å². The fourth-order valence-corrected chi connectivity index (χ4v) is 1.99. The molecule has 0 bridgehead atoms. The SMILES string of the molecule is CCC(CCl)(CCl)NC(=O)c1ccncc1. The first-order chi connectivity index (χ1) is 7.67. The summed E-state index contributed by atoms with van der Waals surface area (Å²) in [5, 5.41) is 2.87. The number of nitrogens with zero attached hydrogens (tertiary/aromatic N) is 1. The molecule has 0 fully saturated rings. The Hall–Kier alpha value is -0.800. The van der Waals surface area contributed by atoms with E-state index in [4.69, 9.17) is 23.2 Å². The summed E-state index contributed by atoms with van der Waals surface area (Å²) < 4.78 is 0. The highest BCUT2D eigenvalue weighted by Crippen LogP contribution is 2.15. The Morgan fingerprint density at radius 2 is 1.94 bits per heavy atom. The van der Waals surface area contributed by atoms with Crippen molar-refractivity contribution in [1.82, 2.24) is 10.3 Å². The molecule has 3 nitrogen and oxygen atoms in total. The van der Waals surface area contributed by atoms with Gasteiger partial charge in [-0.3, -0.25) is 9.78 Å². The summed E-state index contributed by atoms with van der Waals surface area (Å²) in [7, 11) is 0. The van der Waals surface area contributed by atoms with E-state index in [9.17, 15) is 4.79 Å². The van der Waals surface area contributed by atoms with Crippen molar-refractivity contribution >= 4 is 29.1 Å². The molecule has 1 N–H and O–H groups in total. The summed E-state index contributed by atoms with van der Waals surface area (Å²) in [5.41, 5.74) is 0.0202. The summed E-state index contributed by atoms with van der Waals surface area (Å²) in [5.74, 6) is 0.416. The standard InChI is InChI=1S/C11H14Cl2N2O/c1-2-11(7-12,8-13)15-10(16)9-3-5-14-6-4-9/h3-6H,2,7-8H2,1H3,(H,15,16). The van der Waals surface area contributed by atoms with Gasteiger partial charge >= 0.3 is 0 Å². The molecule has 1 aromatic rings. The molecule has 0 atom stereocenters. The quantitative estimate of drug-likeness (QED) is 0.827. The van der Waals surface area contributed by atoms with Crippen LogP contribution in [0.3, 0.4) is 0 Å². The van der Waals surface area contributed by atoms with Crippen molar-refractivity contribution in [1.29, 1.82) is 0 Å². The number of alkyl halides is 2. The molecule has 1 rings (SSSR count). The number of pyridine rings is 1. The normalized spacial score (nSPS) is 11.2. The Morgan fingerprint density at radius 1 is 1.38 bits per heavy atom. The predicted molar refractivity (Wildman–Crippen MR) is 66.2 cm³/mol. The second-order valence-electron chi connectivity index (χ2n) is 3.59. The van der Waals surface area contributed by atoms with E-state index in [1.165, 1.54) is 0 Å². The van der Waals surface area contributed by atoms with Crippen molar-refractivity contribution in [3.63, 3.8) is 0 Å². The Bertz CT molecular complexity index is 331. The van der Waals surface area contributed by atoms with Crippen LogP contribution in [0.2, 0.25) is 0 Å². The Kier molecular flexibility index (Phi) is 5.03. The number of rotatable bonds is 5. The van der Waals surface area contributed by atoms with Crippen molar-refractivity contribution in [3.05, 3.63) is 30.1 Å². The van der Waals surface area contributed by atoms with Crippen molar-refractivity contribution in [3.8, 4) is 0 Å². The lowest BCUT2D eigenvalue weighted by Gasteiger charge is -2.29. The molecule has 5 heteroatoms. The van der Waals surface area contributed by atoms with Crippen LogP contribution in [-0.2, 0) is 0 Å². The second-order valence-corrected chi connectivity index (χ2v) is 4.13. The fourth-order valence-electron chi connectivity index (χ4n) is 1.20. The number of carbonyl (C=O) groups is 1. The van der Waals surface area contributed by atoms with E-state index >= 15 is 0 Å². The second kappa shape index (κ2) is 6.06. The highest BCUT2D eigenvalue weighted by Gasteiger charge is 2.28. The van der Waals surface area contributed by atoms with Crippen LogP contribution in [0.15, 0.2) is 24.5 Å². The molecule has 0 aliphatic carbocycles. The highest BCUT2D eigenvalue weighted by atomic mass is 35.5. The van der Waals surface area contributed by atoms with Crippen LogP contribution in [0.25, 0.3) is 0 Å². The van der Waals surface area contributed by atoms with Gasteiger partial charge in [0.15, 0.2) is 0 Å². The zero-order valence-corrected chi connectivity index (χ0v) is 10.6. The number of hydrogen-bond donors (Lipinski definition) is 1. The minimum Gasteiger partial charge on any atom is -0.344 e. The molecule has 0 aliphatic heterocycles. The maximum Gasteiger partial charge on any atom is 0.251 e. The van der Waals surface area contributed by atoms with Crippen LogP contribution in [0, 0.1) is 0 Å². The fraction of sp³-hybridized carbons (Fsp3) is 0.455. The topological polar surface area (TPSA) is 42.0 Å². The van der Waals surface area contributed by atoms with Crippen LogP contribution in [0.4, 0.5) is 0 Å². The summed E-state index contributed by atoms with van der Waals surface area (Å²) >= 11 is 11.7. The van der Waals surface area contributed by atoms with E-state index in [0.29, 0.717) is 23.7 Å². The van der Waals surface area contributed by atoms with E-state index in [2.05, 4.69) is 10.3 Å². The van der Waals surface area contributed by atoms with Gasteiger partial charge in [0.25, 0.3) is 5.91 Å². The van der Waals surface area contributed by atoms with Gasteiger partial charge in [-0.15, -0.1) is 23.2 Å². The molecule has 0 unspecified atom stereocenters. The summed E-state index contributed by atoms with van der Waals surface area (Å²) in [6.45, 7) is 1.94. The molecule has 0 spiro atoms. The molecule has 1 aromatic heterocycles. The lowest BCUT2D eigenvalue weighted by Crippen LogP contribution is -2.51. The predicted octanol–water partition coefficient (Wildman–Crippen LogP) is 2.44. The summed E-state index contributed by atoms with van der Waals surface area (Å²) in [4.78, 5) is 15.7. The first-order valence-corrected chi connectivity index (χ1v) is 6.09. The molecule has 1 heterocycles. The lowest BCUT2D eigenvalue weighted by molar-refractivity contribution is 0.0913. The van der Waals surface area contributed by atoms with Crippen LogP contribution in [0.5, 0.6) is 0 Å². The molecular formula is C11H14Cl2N2O. The van der Waals surface area contributed by atoms with Gasteiger partial charge in [-0.1, -0.05) is 6.92 Å². The third kappa shape index (κ3) is 3.09. The first kappa shape index (κ1) is 13.3. The Balaban J connectivity index is 2.77. The Morgan fingerprint density at radius 3 is 2.38 bits per heavy atom. The third-order valence-corrected chi connectivity index (χ3v) is 3.53. The number of aromatic nitrogens is 1. The average molecular weight is 261 g/mol. The van der Waals surface area contributed by atoms with Gasteiger partial charge in [-0.25, -0.2) is 0 Å². The zero-order valence-electron chi connectivity index (χ0n) is 9.04. The monoisotopic (exact) mass is 260 g/mol. The molecule has 88 valence electrons. The van der Waals surface area contributed by atoms with Gasteiger partial charge in [-0.2, -0.15) is 0 Å². The number of carbonyl (C=O) groups excluding carboxylic acids is 1. The molecule has 16 heavy (non-hydrogen) atoms. The number of halogens is 2. The van der Waals surface area contributed by atoms with Gasteiger partial charge in [0.05, 0.1) is 5.54 Å². The van der Waals surface area contributed by atoms with E-state index in [1.807, 2.05) is 6.92 Å².